The van der Waals surface area contributed by atoms with Crippen molar-refractivity contribution in [2.45, 2.75) is 13.5 Å². The number of nitrogens with zero attached hydrogens (tertiary/aromatic N) is 2. The van der Waals surface area contributed by atoms with Crippen molar-refractivity contribution >= 4 is 0 Å². The Morgan fingerprint density at radius 3 is 2.26 bits per heavy atom. The van der Waals surface area contributed by atoms with Crippen molar-refractivity contribution in [2.24, 2.45) is 5.73 Å². The van der Waals surface area contributed by atoms with Gasteiger partial charge in [0.2, 0.25) is 0 Å². The van der Waals surface area contributed by atoms with Crippen LogP contribution in [0.2, 0.25) is 0 Å². The van der Waals surface area contributed by atoms with E-state index in [4.69, 9.17) is 5.73 Å². The quantitative estimate of drug-likeness (QED) is 0.824. The van der Waals surface area contributed by atoms with Crippen molar-refractivity contribution < 1.29 is 0 Å². The first-order valence-electron chi connectivity index (χ1n) is 7.04. The van der Waals surface area contributed by atoms with E-state index in [0.717, 1.165) is 12.1 Å². The van der Waals surface area contributed by atoms with Gasteiger partial charge in [-0.25, -0.2) is 0 Å². The molecule has 1 fully saturated rings. The van der Waals surface area contributed by atoms with Gasteiger partial charge < -0.3 is 10.6 Å². The second kappa shape index (κ2) is 7.30. The Morgan fingerprint density at radius 1 is 1.05 bits per heavy atom. The third kappa shape index (κ3) is 4.36. The summed E-state index contributed by atoms with van der Waals surface area (Å²) in [5.74, 6) is 5.93. The molecule has 0 atom stereocenters. The molecule has 0 saturated carbocycles. The largest absolute Gasteiger partial charge is 0.320 e. The Balaban J connectivity index is 1.86. The first kappa shape index (κ1) is 14.1. The molecule has 102 valence electrons. The fraction of sp³-hybridized carbons (Fsp3) is 0.500. The number of nitrogens with two attached hydrogens (primary N) is 1. The van der Waals surface area contributed by atoms with E-state index in [1.54, 1.807) is 0 Å². The molecular weight excluding hydrogens is 234 g/mol. The highest BCUT2D eigenvalue weighted by Crippen LogP contribution is 2.09. The van der Waals surface area contributed by atoms with Gasteiger partial charge >= 0.3 is 0 Å². The molecule has 1 aromatic rings. The Bertz CT molecular complexity index is 433. The zero-order valence-corrected chi connectivity index (χ0v) is 11.7. The van der Waals surface area contributed by atoms with Gasteiger partial charge in [0.1, 0.15) is 0 Å². The summed E-state index contributed by atoms with van der Waals surface area (Å²) in [5, 5.41) is 0. The summed E-state index contributed by atoms with van der Waals surface area (Å²) in [4.78, 5) is 5.02. The zero-order valence-electron chi connectivity index (χ0n) is 11.7. The van der Waals surface area contributed by atoms with Gasteiger partial charge in [-0.3, -0.25) is 4.90 Å². The van der Waals surface area contributed by atoms with Gasteiger partial charge in [-0.15, -0.1) is 0 Å². The normalized spacial score (nSPS) is 16.9. The SMILES string of the molecule is CCN1CCN(Cc2ccc(C#CCN)cc2)CC1. The molecule has 0 bridgehead atoms. The fourth-order valence-corrected chi connectivity index (χ4v) is 2.37. The molecule has 0 aliphatic carbocycles. The summed E-state index contributed by atoms with van der Waals surface area (Å²) in [5.41, 5.74) is 7.78. The van der Waals surface area contributed by atoms with Crippen LogP contribution in [0.15, 0.2) is 24.3 Å². The van der Waals surface area contributed by atoms with Crippen LogP contribution in [0.1, 0.15) is 18.1 Å². The van der Waals surface area contributed by atoms with Crippen LogP contribution in [0.4, 0.5) is 0 Å². The maximum absolute atomic E-state index is 5.37. The monoisotopic (exact) mass is 257 g/mol. The minimum absolute atomic E-state index is 0.420. The van der Waals surface area contributed by atoms with E-state index in [-0.39, 0.29) is 0 Å². The molecule has 3 heteroatoms. The topological polar surface area (TPSA) is 32.5 Å². The van der Waals surface area contributed by atoms with Gasteiger partial charge in [-0.2, -0.15) is 0 Å². The second-order valence-electron chi connectivity index (χ2n) is 4.91. The number of hydrogen-bond acceptors (Lipinski definition) is 3. The molecule has 2 N–H and O–H groups in total. The van der Waals surface area contributed by atoms with Gasteiger partial charge in [-0.1, -0.05) is 30.9 Å². The molecule has 3 nitrogen and oxygen atoms in total. The summed E-state index contributed by atoms with van der Waals surface area (Å²) in [6, 6.07) is 8.51. The van der Waals surface area contributed by atoms with Crippen molar-refractivity contribution in [3.05, 3.63) is 35.4 Å². The maximum atomic E-state index is 5.37. The molecule has 0 unspecified atom stereocenters. The van der Waals surface area contributed by atoms with E-state index in [9.17, 15) is 0 Å². The van der Waals surface area contributed by atoms with Crippen LogP contribution in [-0.4, -0.2) is 49.1 Å². The minimum atomic E-state index is 0.420. The predicted molar refractivity (Wildman–Crippen MR) is 79.8 cm³/mol. The molecule has 1 aromatic carbocycles. The van der Waals surface area contributed by atoms with E-state index in [0.29, 0.717) is 6.54 Å². The smallest absolute Gasteiger partial charge is 0.0555 e. The van der Waals surface area contributed by atoms with Gasteiger partial charge in [0, 0.05) is 38.3 Å². The van der Waals surface area contributed by atoms with Gasteiger partial charge in [-0.05, 0) is 24.2 Å². The maximum Gasteiger partial charge on any atom is 0.0555 e. The molecular formula is C16H23N3. The standard InChI is InChI=1S/C16H23N3/c1-2-18-10-12-19(13-11-18)14-16-7-5-15(6-8-16)4-3-9-17/h5-8H,2,9-14,17H2,1H3. The summed E-state index contributed by atoms with van der Waals surface area (Å²) >= 11 is 0. The lowest BCUT2D eigenvalue weighted by Gasteiger charge is -2.34. The zero-order chi connectivity index (χ0) is 13.5. The first-order chi connectivity index (χ1) is 9.31. The number of piperazine rings is 1. The van der Waals surface area contributed by atoms with E-state index >= 15 is 0 Å². The van der Waals surface area contributed by atoms with Crippen molar-refractivity contribution in [3.8, 4) is 11.8 Å². The van der Waals surface area contributed by atoms with E-state index in [1.807, 2.05) is 0 Å². The van der Waals surface area contributed by atoms with Crippen LogP contribution in [-0.2, 0) is 6.54 Å². The Labute approximate surface area is 116 Å². The van der Waals surface area contributed by atoms with Crippen LogP contribution < -0.4 is 5.73 Å². The van der Waals surface area contributed by atoms with E-state index in [2.05, 4.69) is 52.8 Å². The first-order valence-corrected chi connectivity index (χ1v) is 7.04. The number of rotatable bonds is 3. The summed E-state index contributed by atoms with van der Waals surface area (Å²) in [6.07, 6.45) is 0. The average molecular weight is 257 g/mol. The second-order valence-corrected chi connectivity index (χ2v) is 4.91. The molecule has 0 spiro atoms. The molecule has 0 aromatic heterocycles. The molecule has 19 heavy (non-hydrogen) atoms. The summed E-state index contributed by atoms with van der Waals surface area (Å²) in [7, 11) is 0. The number of benzene rings is 1. The lowest BCUT2D eigenvalue weighted by atomic mass is 10.1. The van der Waals surface area contributed by atoms with Gasteiger partial charge in [0.25, 0.3) is 0 Å². The molecule has 1 aliphatic rings. The van der Waals surface area contributed by atoms with Crippen molar-refractivity contribution in [1.29, 1.82) is 0 Å². The molecule has 1 aliphatic heterocycles. The van der Waals surface area contributed by atoms with Crippen LogP contribution in [0, 0.1) is 11.8 Å². The third-order valence-corrected chi connectivity index (χ3v) is 3.61. The third-order valence-electron chi connectivity index (χ3n) is 3.61. The summed E-state index contributed by atoms with van der Waals surface area (Å²) in [6.45, 7) is 9.59. The Kier molecular flexibility index (Phi) is 5.41. The molecule has 0 amide bonds. The van der Waals surface area contributed by atoms with Crippen LogP contribution in [0.3, 0.4) is 0 Å². The molecule has 0 radical (unpaired) electrons. The molecule has 1 heterocycles. The van der Waals surface area contributed by atoms with Crippen molar-refractivity contribution in [3.63, 3.8) is 0 Å². The van der Waals surface area contributed by atoms with Crippen LogP contribution in [0.5, 0.6) is 0 Å². The predicted octanol–water partition coefficient (Wildman–Crippen LogP) is 1.13. The molecule has 2 rings (SSSR count). The van der Waals surface area contributed by atoms with Crippen molar-refractivity contribution in [1.82, 2.24) is 9.80 Å². The lowest BCUT2D eigenvalue weighted by Crippen LogP contribution is -2.45. The van der Waals surface area contributed by atoms with E-state index in [1.165, 1.54) is 38.3 Å². The van der Waals surface area contributed by atoms with Crippen LogP contribution in [0.25, 0.3) is 0 Å². The highest BCUT2D eigenvalue weighted by Gasteiger charge is 2.15. The van der Waals surface area contributed by atoms with Crippen LogP contribution >= 0.6 is 0 Å². The highest BCUT2D eigenvalue weighted by atomic mass is 15.3. The van der Waals surface area contributed by atoms with Gasteiger partial charge in [0.15, 0.2) is 0 Å². The average Bonchev–Trinajstić information content (AvgIpc) is 2.47. The summed E-state index contributed by atoms with van der Waals surface area (Å²) < 4.78 is 0. The number of hydrogen-bond donors (Lipinski definition) is 1. The van der Waals surface area contributed by atoms with Crippen molar-refractivity contribution in [2.75, 3.05) is 39.3 Å². The Hall–Kier alpha value is -1.34. The Morgan fingerprint density at radius 2 is 1.68 bits per heavy atom. The number of likely N-dealkylation sites (N-methyl/N-ethyl adjacent to an activating group) is 1. The lowest BCUT2D eigenvalue weighted by molar-refractivity contribution is 0.132. The highest BCUT2D eigenvalue weighted by molar-refractivity contribution is 5.36. The fourth-order valence-electron chi connectivity index (χ4n) is 2.37. The van der Waals surface area contributed by atoms with Gasteiger partial charge in [0.05, 0.1) is 6.54 Å². The molecule has 1 saturated heterocycles. The minimum Gasteiger partial charge on any atom is -0.320 e. The van der Waals surface area contributed by atoms with E-state index < -0.39 is 0 Å².